The molecule has 0 aromatic heterocycles. The molecule has 5 aliphatic rings. The number of nitrogens with zero attached hydrogens (tertiary/aromatic N) is 2. The van der Waals surface area contributed by atoms with Gasteiger partial charge in [-0.05, 0) is 24.0 Å². The normalized spacial score (nSPS) is 32.7. The third kappa shape index (κ3) is 4.39. The van der Waals surface area contributed by atoms with Gasteiger partial charge in [0.2, 0.25) is 11.6 Å². The summed E-state index contributed by atoms with van der Waals surface area (Å²) in [4.78, 5) is 35.7. The van der Waals surface area contributed by atoms with E-state index in [0.717, 1.165) is 12.0 Å². The number of nitrogens with one attached hydrogen (secondary N) is 4. The first-order valence-corrected chi connectivity index (χ1v) is 13.8. The summed E-state index contributed by atoms with van der Waals surface area (Å²) in [5, 5.41) is 20.7. The van der Waals surface area contributed by atoms with Crippen molar-refractivity contribution in [2.24, 2.45) is 22.4 Å². The van der Waals surface area contributed by atoms with Crippen molar-refractivity contribution in [3.05, 3.63) is 53.4 Å². The fourth-order valence-corrected chi connectivity index (χ4v) is 6.64. The van der Waals surface area contributed by atoms with Crippen molar-refractivity contribution >= 4 is 23.7 Å². The zero-order valence-electron chi connectivity index (χ0n) is 23.0. The third-order valence-electron chi connectivity index (χ3n) is 8.87. The van der Waals surface area contributed by atoms with Crippen LogP contribution in [0.1, 0.15) is 42.6 Å². The number of aliphatic imine (C=N–C) groups is 1. The van der Waals surface area contributed by atoms with Crippen molar-refractivity contribution in [2.45, 2.75) is 62.0 Å². The highest BCUT2D eigenvalue weighted by Gasteiger charge is 2.68. The van der Waals surface area contributed by atoms with E-state index in [9.17, 15) is 19.1 Å². The Morgan fingerprint density at radius 3 is 2.93 bits per heavy atom. The monoisotopic (exact) mass is 567 g/mol. The molecule has 6 rings (SSSR count). The van der Waals surface area contributed by atoms with Gasteiger partial charge in [-0.25, -0.2) is 14.7 Å². The Bertz CT molecular complexity index is 1410. The Labute approximate surface area is 236 Å². The topological polar surface area (TPSA) is 181 Å². The van der Waals surface area contributed by atoms with Crippen LogP contribution in [0.2, 0.25) is 0 Å². The largest absolute Gasteiger partial charge is 0.492 e. The first-order chi connectivity index (χ1) is 19.5. The van der Waals surface area contributed by atoms with Crippen LogP contribution in [-0.4, -0.2) is 83.3 Å². The number of ether oxygens (including phenoxy) is 1. The molecule has 1 spiro atoms. The van der Waals surface area contributed by atoms with Gasteiger partial charge in [-0.3, -0.25) is 20.3 Å². The number of benzene rings is 1. The van der Waals surface area contributed by atoms with Crippen molar-refractivity contribution in [3.63, 3.8) is 0 Å². The Morgan fingerprint density at radius 2 is 2.15 bits per heavy atom. The van der Waals surface area contributed by atoms with Crippen LogP contribution >= 0.6 is 0 Å². The molecule has 0 bridgehead atoms. The molecule has 1 aromatic carbocycles. The van der Waals surface area contributed by atoms with Gasteiger partial charge in [0.15, 0.2) is 12.0 Å². The minimum absolute atomic E-state index is 0.00661. The molecule has 13 heteroatoms. The van der Waals surface area contributed by atoms with E-state index in [1.807, 2.05) is 12.1 Å². The summed E-state index contributed by atoms with van der Waals surface area (Å²) in [5.41, 5.74) is 12.6. The number of amides is 2. The van der Waals surface area contributed by atoms with Crippen LogP contribution in [-0.2, 0) is 10.2 Å². The lowest BCUT2D eigenvalue weighted by molar-refractivity contribution is -0.513. The molecule has 218 valence electrons. The summed E-state index contributed by atoms with van der Waals surface area (Å²) in [6.45, 7) is 4.99. The summed E-state index contributed by atoms with van der Waals surface area (Å²) in [5.74, 6) is -0.805. The first-order valence-electron chi connectivity index (χ1n) is 13.8. The zero-order chi connectivity index (χ0) is 29.1. The lowest BCUT2D eigenvalue weighted by Gasteiger charge is -2.43. The minimum atomic E-state index is -1.22. The van der Waals surface area contributed by atoms with Gasteiger partial charge in [-0.2, -0.15) is 0 Å². The molecule has 9 N–H and O–H groups in total. The quantitative estimate of drug-likeness (QED) is 0.210. The summed E-state index contributed by atoms with van der Waals surface area (Å²) in [6.07, 6.45) is 4.17. The number of allylic oxidation sites excluding steroid dienone is 3. The number of aliphatic hydroxyl groups excluding tert-OH is 1. The number of guanidine groups is 2. The van der Waals surface area contributed by atoms with Crippen molar-refractivity contribution in [3.8, 4) is 5.75 Å². The van der Waals surface area contributed by atoms with E-state index in [-0.39, 0.29) is 54.5 Å². The molecule has 0 saturated carbocycles. The Hall–Kier alpha value is -4.13. The molecule has 0 radical (unpaired) electrons. The number of nitrogens with two attached hydrogens (primary N) is 2. The number of rotatable bonds is 5. The van der Waals surface area contributed by atoms with Gasteiger partial charge in [-0.15, -0.1) is 0 Å². The number of hydrogen-bond donors (Lipinski definition) is 7. The van der Waals surface area contributed by atoms with Gasteiger partial charge in [-0.1, -0.05) is 38.1 Å². The highest BCUT2D eigenvalue weighted by Crippen LogP contribution is 2.41. The van der Waals surface area contributed by atoms with Gasteiger partial charge in [0.1, 0.15) is 23.7 Å². The molecule has 1 saturated heterocycles. The van der Waals surface area contributed by atoms with Gasteiger partial charge in [0, 0.05) is 25.1 Å². The molecule has 1 fully saturated rings. The highest BCUT2D eigenvalue weighted by atomic mass is 19.1. The third-order valence-corrected chi connectivity index (χ3v) is 8.87. The summed E-state index contributed by atoms with van der Waals surface area (Å²) in [7, 11) is 0. The molecule has 2 amide bonds. The Morgan fingerprint density at radius 1 is 1.34 bits per heavy atom. The second-order valence-electron chi connectivity index (χ2n) is 11.9. The van der Waals surface area contributed by atoms with E-state index >= 15 is 0 Å². The standard InChI is InChI=1S/C28H35FN8O4/c1-27(2)9-10-41-20-16(7-4-8-17(20)27)24(40)33-19-13-37-26(31)34-18(21-28(37,22(19)38)36-25(30)35-21)12-32-23(39)14-5-3-6-15(29)11-14/h3-8,14,18-19,21-22,38H,9-13H2,1-2H3,(H2,31,34)(H,32,39)(H,33,40)(H3,30,35,36)/p+1/t14?,18-,19?,21-,22+,28-/m0/s1. The van der Waals surface area contributed by atoms with E-state index in [1.54, 1.807) is 17.0 Å². The average Bonchev–Trinajstić information content (AvgIpc) is 3.43. The number of aliphatic hydroxyl groups is 1. The summed E-state index contributed by atoms with van der Waals surface area (Å²) >= 11 is 0. The predicted octanol–water partition coefficient (Wildman–Crippen LogP) is -2.17. The molecule has 4 heterocycles. The van der Waals surface area contributed by atoms with Gasteiger partial charge >= 0.3 is 5.96 Å². The lowest BCUT2D eigenvalue weighted by atomic mass is 9.79. The number of fused-ring (bicyclic) bond motifs is 1. The van der Waals surface area contributed by atoms with Crippen molar-refractivity contribution in [2.75, 3.05) is 19.7 Å². The first kappa shape index (κ1) is 27.1. The lowest BCUT2D eigenvalue weighted by Crippen LogP contribution is -2.88. The van der Waals surface area contributed by atoms with E-state index in [1.165, 1.54) is 12.2 Å². The number of para-hydroxylation sites is 1. The summed E-state index contributed by atoms with van der Waals surface area (Å²) < 4.78 is 19.6. The van der Waals surface area contributed by atoms with Crippen molar-refractivity contribution < 1.29 is 28.8 Å². The molecule has 41 heavy (non-hydrogen) atoms. The SMILES string of the molecule is CC1(C)CCOc2c(C(=O)NC3CN4C(N)=N[C@@H](CNC(=O)C5C=CC=C(F)C5)[C@@H]5[NH+]=C(N)N[C@@]54[C@@H]3O)cccc21. The molecule has 4 aliphatic heterocycles. The van der Waals surface area contributed by atoms with Crippen LogP contribution in [0.25, 0.3) is 0 Å². The Kier molecular flexibility index (Phi) is 6.44. The minimum Gasteiger partial charge on any atom is -0.492 e. The van der Waals surface area contributed by atoms with Crippen LogP contribution in [0.5, 0.6) is 5.75 Å². The number of carbonyl (C=O) groups excluding carboxylic acids is 2. The maximum atomic E-state index is 13.7. The van der Waals surface area contributed by atoms with Gasteiger partial charge in [0.25, 0.3) is 5.91 Å². The Balaban J connectivity index is 1.21. The molecule has 1 aromatic rings. The van der Waals surface area contributed by atoms with Gasteiger partial charge in [0.05, 0.1) is 24.1 Å². The van der Waals surface area contributed by atoms with Crippen LogP contribution in [0.3, 0.4) is 0 Å². The van der Waals surface area contributed by atoms with Crippen LogP contribution in [0, 0.1) is 5.92 Å². The second kappa shape index (κ2) is 9.75. The molecular formula is C28H36FN8O4+. The fraction of sp³-hybridized carbons (Fsp3) is 0.500. The molecule has 12 nitrogen and oxygen atoms in total. The van der Waals surface area contributed by atoms with Crippen LogP contribution < -0.4 is 37.1 Å². The maximum absolute atomic E-state index is 13.7. The zero-order valence-corrected chi connectivity index (χ0v) is 23.0. The summed E-state index contributed by atoms with van der Waals surface area (Å²) in [6, 6.07) is 3.58. The second-order valence-corrected chi connectivity index (χ2v) is 11.9. The number of hydrogen-bond acceptors (Lipinski definition) is 9. The van der Waals surface area contributed by atoms with E-state index < -0.39 is 35.8 Å². The van der Waals surface area contributed by atoms with Gasteiger partial charge < -0.3 is 31.1 Å². The molecule has 1 aliphatic carbocycles. The smallest absolute Gasteiger partial charge is 0.343 e. The fourth-order valence-electron chi connectivity index (χ4n) is 6.64. The van der Waals surface area contributed by atoms with Crippen LogP contribution in [0.15, 0.2) is 47.2 Å². The van der Waals surface area contributed by atoms with Crippen LogP contribution in [0.4, 0.5) is 4.39 Å². The number of carbonyl (C=O) groups is 2. The predicted molar refractivity (Wildman–Crippen MR) is 148 cm³/mol. The maximum Gasteiger partial charge on any atom is 0.343 e. The molecule has 2 unspecified atom stereocenters. The number of halogens is 1. The van der Waals surface area contributed by atoms with Crippen molar-refractivity contribution in [1.82, 2.24) is 20.9 Å². The molecule has 6 atom stereocenters. The van der Waals surface area contributed by atoms with E-state index in [0.29, 0.717) is 17.9 Å². The highest BCUT2D eigenvalue weighted by molar-refractivity contribution is 5.98. The molecular weight excluding hydrogens is 531 g/mol. The van der Waals surface area contributed by atoms with Crippen molar-refractivity contribution in [1.29, 1.82) is 0 Å². The average molecular weight is 568 g/mol. The van der Waals surface area contributed by atoms with E-state index in [2.05, 4.69) is 39.8 Å². The van der Waals surface area contributed by atoms with E-state index in [4.69, 9.17) is 16.2 Å².